The van der Waals surface area contributed by atoms with Crippen LogP contribution in [-0.4, -0.2) is 37.1 Å². The molecule has 1 aromatic rings. The van der Waals surface area contributed by atoms with E-state index < -0.39 is 0 Å². The number of rotatable bonds is 5. The molecule has 0 bridgehead atoms. The van der Waals surface area contributed by atoms with Gasteiger partial charge >= 0.3 is 5.97 Å². The number of carbonyl (C=O) groups excluding carboxylic acids is 1. The number of hydrogen-bond donors (Lipinski definition) is 1. The van der Waals surface area contributed by atoms with Crippen LogP contribution in [0.5, 0.6) is 0 Å². The standard InChI is InChI=1S/C13H22N2O2/c1-9(2)11(13(16)17-5)12(15(3)4)10-6-7-14-8-10/h6-9,11-12,14H,1-5H3. The molecule has 1 aromatic heterocycles. The molecule has 0 aliphatic carbocycles. The summed E-state index contributed by atoms with van der Waals surface area (Å²) >= 11 is 0. The Balaban J connectivity index is 3.06. The number of esters is 1. The zero-order valence-corrected chi connectivity index (χ0v) is 11.2. The van der Waals surface area contributed by atoms with Crippen molar-refractivity contribution in [3.63, 3.8) is 0 Å². The van der Waals surface area contributed by atoms with Crippen molar-refractivity contribution in [2.75, 3.05) is 21.2 Å². The van der Waals surface area contributed by atoms with E-state index in [-0.39, 0.29) is 23.8 Å². The minimum atomic E-state index is -0.161. The first-order chi connectivity index (χ1) is 7.99. The van der Waals surface area contributed by atoms with Crippen molar-refractivity contribution in [2.45, 2.75) is 19.9 Å². The molecule has 0 saturated heterocycles. The van der Waals surface area contributed by atoms with E-state index in [1.165, 1.54) is 7.11 Å². The summed E-state index contributed by atoms with van der Waals surface area (Å²) in [7, 11) is 5.41. The van der Waals surface area contributed by atoms with Crippen LogP contribution in [0.25, 0.3) is 0 Å². The monoisotopic (exact) mass is 238 g/mol. The van der Waals surface area contributed by atoms with Crippen molar-refractivity contribution in [1.29, 1.82) is 0 Å². The molecule has 17 heavy (non-hydrogen) atoms. The molecule has 0 fully saturated rings. The molecule has 1 rings (SSSR count). The van der Waals surface area contributed by atoms with Crippen LogP contribution >= 0.6 is 0 Å². The zero-order valence-electron chi connectivity index (χ0n) is 11.2. The summed E-state index contributed by atoms with van der Waals surface area (Å²) in [6.07, 6.45) is 3.81. The first kappa shape index (κ1) is 13.8. The maximum absolute atomic E-state index is 11.9. The lowest BCUT2D eigenvalue weighted by atomic mass is 9.84. The molecule has 0 spiro atoms. The molecule has 0 aliphatic rings. The molecule has 0 aromatic carbocycles. The Morgan fingerprint density at radius 1 is 1.41 bits per heavy atom. The Kier molecular flexibility index (Phi) is 4.75. The van der Waals surface area contributed by atoms with Gasteiger partial charge in [-0.1, -0.05) is 13.8 Å². The topological polar surface area (TPSA) is 45.3 Å². The lowest BCUT2D eigenvalue weighted by Gasteiger charge is -2.32. The van der Waals surface area contributed by atoms with Crippen molar-refractivity contribution in [2.24, 2.45) is 11.8 Å². The van der Waals surface area contributed by atoms with Crippen LogP contribution in [0.15, 0.2) is 18.5 Å². The van der Waals surface area contributed by atoms with E-state index >= 15 is 0 Å². The highest BCUT2D eigenvalue weighted by Crippen LogP contribution is 2.32. The number of carbonyl (C=O) groups is 1. The van der Waals surface area contributed by atoms with Crippen molar-refractivity contribution in [1.82, 2.24) is 9.88 Å². The van der Waals surface area contributed by atoms with Gasteiger partial charge in [0.15, 0.2) is 0 Å². The SMILES string of the molecule is COC(=O)C(C(C)C)C(c1cc[nH]c1)N(C)C. The van der Waals surface area contributed by atoms with Gasteiger partial charge in [0.05, 0.1) is 13.0 Å². The number of ether oxygens (including phenoxy) is 1. The van der Waals surface area contributed by atoms with E-state index in [4.69, 9.17) is 4.74 Å². The largest absolute Gasteiger partial charge is 0.469 e. The number of H-pyrrole nitrogens is 1. The van der Waals surface area contributed by atoms with Gasteiger partial charge in [-0.15, -0.1) is 0 Å². The fourth-order valence-corrected chi connectivity index (χ4v) is 2.25. The summed E-state index contributed by atoms with van der Waals surface area (Å²) in [5.41, 5.74) is 1.11. The lowest BCUT2D eigenvalue weighted by molar-refractivity contribution is -0.149. The van der Waals surface area contributed by atoms with Crippen LogP contribution in [0, 0.1) is 11.8 Å². The molecule has 4 heteroatoms. The van der Waals surface area contributed by atoms with Crippen LogP contribution < -0.4 is 0 Å². The van der Waals surface area contributed by atoms with Gasteiger partial charge in [-0.25, -0.2) is 0 Å². The van der Waals surface area contributed by atoms with E-state index in [2.05, 4.69) is 9.88 Å². The summed E-state index contributed by atoms with van der Waals surface area (Å²) in [4.78, 5) is 17.0. The van der Waals surface area contributed by atoms with Gasteiger partial charge < -0.3 is 14.6 Å². The van der Waals surface area contributed by atoms with E-state index in [1.807, 2.05) is 46.4 Å². The lowest BCUT2D eigenvalue weighted by Crippen LogP contribution is -2.36. The number of nitrogens with one attached hydrogen (secondary N) is 1. The molecule has 96 valence electrons. The second kappa shape index (κ2) is 5.87. The highest BCUT2D eigenvalue weighted by molar-refractivity contribution is 5.73. The van der Waals surface area contributed by atoms with E-state index in [0.29, 0.717) is 0 Å². The van der Waals surface area contributed by atoms with Crippen LogP contribution in [0.1, 0.15) is 25.5 Å². The zero-order chi connectivity index (χ0) is 13.0. The first-order valence-electron chi connectivity index (χ1n) is 5.86. The molecule has 2 atom stereocenters. The van der Waals surface area contributed by atoms with Crippen molar-refractivity contribution in [3.8, 4) is 0 Å². The number of aromatic amines is 1. The average molecular weight is 238 g/mol. The fraction of sp³-hybridized carbons (Fsp3) is 0.615. The molecule has 4 nitrogen and oxygen atoms in total. The molecule has 0 aliphatic heterocycles. The molecule has 2 unspecified atom stereocenters. The van der Waals surface area contributed by atoms with Gasteiger partial charge in [0.2, 0.25) is 0 Å². The molecular weight excluding hydrogens is 216 g/mol. The molecule has 1 N–H and O–H groups in total. The second-order valence-electron chi connectivity index (χ2n) is 4.85. The van der Waals surface area contributed by atoms with Crippen molar-refractivity contribution < 1.29 is 9.53 Å². The van der Waals surface area contributed by atoms with Gasteiger partial charge in [0.1, 0.15) is 0 Å². The second-order valence-corrected chi connectivity index (χ2v) is 4.85. The Hall–Kier alpha value is -1.29. The van der Waals surface area contributed by atoms with Crippen molar-refractivity contribution >= 4 is 5.97 Å². The third-order valence-corrected chi connectivity index (χ3v) is 3.05. The maximum Gasteiger partial charge on any atom is 0.310 e. The maximum atomic E-state index is 11.9. The predicted octanol–water partition coefficient (Wildman–Crippen LogP) is 2.06. The average Bonchev–Trinajstić information content (AvgIpc) is 2.76. The number of nitrogens with zero attached hydrogens (tertiary/aromatic N) is 1. The highest BCUT2D eigenvalue weighted by Gasteiger charge is 2.34. The smallest absolute Gasteiger partial charge is 0.310 e. The van der Waals surface area contributed by atoms with Gasteiger partial charge in [0, 0.05) is 18.4 Å². The quantitative estimate of drug-likeness (QED) is 0.799. The first-order valence-corrected chi connectivity index (χ1v) is 5.86. The minimum Gasteiger partial charge on any atom is -0.469 e. The fourth-order valence-electron chi connectivity index (χ4n) is 2.25. The molecular formula is C13H22N2O2. The summed E-state index contributed by atoms with van der Waals surface area (Å²) in [6, 6.07) is 2.04. The number of aromatic nitrogens is 1. The molecule has 1 heterocycles. The number of methoxy groups -OCH3 is 1. The Morgan fingerprint density at radius 3 is 2.41 bits per heavy atom. The molecule has 0 amide bonds. The summed E-state index contributed by atoms with van der Waals surface area (Å²) < 4.78 is 4.93. The Morgan fingerprint density at radius 2 is 2.06 bits per heavy atom. The third kappa shape index (κ3) is 3.09. The normalized spacial score (nSPS) is 15.0. The van der Waals surface area contributed by atoms with E-state index in [9.17, 15) is 4.79 Å². The van der Waals surface area contributed by atoms with Crippen molar-refractivity contribution in [3.05, 3.63) is 24.0 Å². The molecule has 0 radical (unpaired) electrons. The van der Waals surface area contributed by atoms with E-state index in [1.54, 1.807) is 0 Å². The van der Waals surface area contributed by atoms with E-state index in [0.717, 1.165) is 5.56 Å². The van der Waals surface area contributed by atoms with Gasteiger partial charge in [0.25, 0.3) is 0 Å². The van der Waals surface area contributed by atoms with Crippen LogP contribution in [-0.2, 0) is 9.53 Å². The van der Waals surface area contributed by atoms with Crippen LogP contribution in [0.2, 0.25) is 0 Å². The Bertz CT molecular complexity index is 344. The minimum absolute atomic E-state index is 0.0358. The molecule has 0 saturated carbocycles. The summed E-state index contributed by atoms with van der Waals surface area (Å²) in [6.45, 7) is 4.09. The van der Waals surface area contributed by atoms with Gasteiger partial charge in [-0.2, -0.15) is 0 Å². The number of hydrogen-bond acceptors (Lipinski definition) is 3. The summed E-state index contributed by atoms with van der Waals surface area (Å²) in [5.74, 6) is -0.0875. The highest BCUT2D eigenvalue weighted by atomic mass is 16.5. The third-order valence-electron chi connectivity index (χ3n) is 3.05. The Labute approximate surface area is 103 Å². The van der Waals surface area contributed by atoms with Gasteiger partial charge in [-0.05, 0) is 31.6 Å². The van der Waals surface area contributed by atoms with Crippen LogP contribution in [0.3, 0.4) is 0 Å². The predicted molar refractivity (Wildman–Crippen MR) is 67.6 cm³/mol. The van der Waals surface area contributed by atoms with Gasteiger partial charge in [-0.3, -0.25) is 4.79 Å². The van der Waals surface area contributed by atoms with Crippen LogP contribution in [0.4, 0.5) is 0 Å². The summed E-state index contributed by atoms with van der Waals surface area (Å²) in [5, 5.41) is 0.